The first-order chi connectivity index (χ1) is 10.4. The van der Waals surface area contributed by atoms with Gasteiger partial charge in [0.2, 0.25) is 0 Å². The van der Waals surface area contributed by atoms with Crippen molar-refractivity contribution in [2.75, 3.05) is 20.8 Å². The highest BCUT2D eigenvalue weighted by Gasteiger charge is 2.20. The van der Waals surface area contributed by atoms with Gasteiger partial charge in [-0.15, -0.1) is 0 Å². The summed E-state index contributed by atoms with van der Waals surface area (Å²) < 4.78 is 14.4. The van der Waals surface area contributed by atoms with Crippen molar-refractivity contribution in [1.82, 2.24) is 0 Å². The van der Waals surface area contributed by atoms with Crippen LogP contribution in [0.3, 0.4) is 0 Å². The van der Waals surface area contributed by atoms with Gasteiger partial charge < -0.3 is 14.2 Å². The summed E-state index contributed by atoms with van der Waals surface area (Å²) in [4.78, 5) is 23.2. The van der Waals surface area contributed by atoms with Crippen molar-refractivity contribution >= 4 is 41.2 Å². The molecule has 0 amide bonds. The molecular weight excluding hydrogens is 331 g/mol. The summed E-state index contributed by atoms with van der Waals surface area (Å²) in [5.41, 5.74) is 0.142. The fourth-order valence-electron chi connectivity index (χ4n) is 1.53. The maximum Gasteiger partial charge on any atom is 0.345 e. The zero-order chi connectivity index (χ0) is 16.7. The quantitative estimate of drug-likeness (QED) is 0.260. The maximum atomic E-state index is 11.6. The van der Waals surface area contributed by atoms with Crippen LogP contribution >= 0.6 is 23.2 Å². The predicted molar refractivity (Wildman–Crippen MR) is 84.2 cm³/mol. The lowest BCUT2D eigenvalue weighted by atomic mass is 10.1. The first kappa shape index (κ1) is 18.1. The molecule has 5 nitrogen and oxygen atoms in total. The zero-order valence-corrected chi connectivity index (χ0v) is 13.5. The summed E-state index contributed by atoms with van der Waals surface area (Å²) in [6.45, 7) is 3.77. The molecule has 0 bridgehead atoms. The lowest BCUT2D eigenvalue weighted by molar-refractivity contribution is -0.143. The number of benzene rings is 1. The molecule has 0 fully saturated rings. The topological polar surface area (TPSA) is 61.8 Å². The molecule has 0 N–H and O–H groups in total. The normalized spacial score (nSPS) is 9.64. The molecule has 1 rings (SSSR count). The van der Waals surface area contributed by atoms with E-state index in [-0.39, 0.29) is 28.0 Å². The highest BCUT2D eigenvalue weighted by molar-refractivity contribution is 6.37. The maximum absolute atomic E-state index is 11.6. The Balaban J connectivity index is 3.25. The van der Waals surface area contributed by atoms with Gasteiger partial charge in [-0.05, 0) is 23.8 Å². The van der Waals surface area contributed by atoms with Crippen LogP contribution in [0.2, 0.25) is 10.0 Å². The number of hydrogen-bond acceptors (Lipinski definition) is 5. The highest BCUT2D eigenvalue weighted by atomic mass is 35.5. The van der Waals surface area contributed by atoms with Crippen LogP contribution in [-0.2, 0) is 19.1 Å². The second kappa shape index (κ2) is 8.46. The molecule has 0 heterocycles. The van der Waals surface area contributed by atoms with Crippen molar-refractivity contribution in [3.63, 3.8) is 0 Å². The number of carbonyl (C=O) groups excluding carboxylic acids is 2. The summed E-state index contributed by atoms with van der Waals surface area (Å²) >= 11 is 12.2. The number of esters is 2. The molecular formula is C15H14Cl2O5. The Bertz CT molecular complexity index is 581. The SMILES string of the molecule is C=CCOc1c(Cl)cc(C=C(C(=O)OC)C(=O)OC)cc1Cl. The van der Waals surface area contributed by atoms with Gasteiger partial charge in [0, 0.05) is 0 Å². The summed E-state index contributed by atoms with van der Waals surface area (Å²) in [6, 6.07) is 3.00. The molecule has 7 heteroatoms. The number of halogens is 2. The molecule has 22 heavy (non-hydrogen) atoms. The minimum absolute atomic E-state index is 0.231. The van der Waals surface area contributed by atoms with E-state index in [9.17, 15) is 9.59 Å². The molecule has 0 atom stereocenters. The van der Waals surface area contributed by atoms with E-state index in [1.54, 1.807) is 6.08 Å². The number of ether oxygens (including phenoxy) is 3. The van der Waals surface area contributed by atoms with Gasteiger partial charge in [0.15, 0.2) is 5.75 Å². The molecule has 0 aliphatic carbocycles. The minimum atomic E-state index is -0.828. The van der Waals surface area contributed by atoms with Crippen LogP contribution in [0.5, 0.6) is 5.75 Å². The lowest BCUT2D eigenvalue weighted by Gasteiger charge is -2.09. The minimum Gasteiger partial charge on any atom is -0.486 e. The molecule has 0 saturated carbocycles. The van der Waals surface area contributed by atoms with E-state index < -0.39 is 11.9 Å². The van der Waals surface area contributed by atoms with Crippen molar-refractivity contribution in [2.24, 2.45) is 0 Å². The Labute approximate surface area is 138 Å². The fraction of sp³-hybridized carbons (Fsp3) is 0.200. The number of rotatable bonds is 6. The first-order valence-electron chi connectivity index (χ1n) is 6.05. The Kier molecular flexibility index (Phi) is 6.95. The van der Waals surface area contributed by atoms with E-state index in [0.29, 0.717) is 5.56 Å². The van der Waals surface area contributed by atoms with Crippen LogP contribution in [-0.4, -0.2) is 32.8 Å². The van der Waals surface area contributed by atoms with Crippen molar-refractivity contribution < 1.29 is 23.8 Å². The van der Waals surface area contributed by atoms with Gasteiger partial charge in [-0.25, -0.2) is 9.59 Å². The summed E-state index contributed by atoms with van der Waals surface area (Å²) in [7, 11) is 2.32. The van der Waals surface area contributed by atoms with Gasteiger partial charge in [-0.3, -0.25) is 0 Å². The van der Waals surface area contributed by atoms with E-state index in [2.05, 4.69) is 16.1 Å². The molecule has 0 unspecified atom stereocenters. The fourth-order valence-corrected chi connectivity index (χ4v) is 2.14. The third kappa shape index (κ3) is 4.51. The lowest BCUT2D eigenvalue weighted by Crippen LogP contribution is -2.15. The van der Waals surface area contributed by atoms with Gasteiger partial charge >= 0.3 is 11.9 Å². The smallest absolute Gasteiger partial charge is 0.345 e. The average molecular weight is 345 g/mol. The van der Waals surface area contributed by atoms with E-state index in [4.69, 9.17) is 27.9 Å². The Morgan fingerprint density at radius 1 is 1.14 bits per heavy atom. The van der Waals surface area contributed by atoms with Gasteiger partial charge in [0.05, 0.1) is 24.3 Å². The van der Waals surface area contributed by atoms with Gasteiger partial charge in [-0.2, -0.15) is 0 Å². The third-order valence-electron chi connectivity index (χ3n) is 2.49. The third-order valence-corrected chi connectivity index (χ3v) is 3.05. The summed E-state index contributed by atoms with van der Waals surface area (Å²) in [5.74, 6) is -1.37. The van der Waals surface area contributed by atoms with Crippen LogP contribution in [0, 0.1) is 0 Å². The molecule has 1 aromatic rings. The molecule has 0 spiro atoms. The van der Waals surface area contributed by atoms with Crippen molar-refractivity contribution in [3.8, 4) is 5.75 Å². The molecule has 118 valence electrons. The highest BCUT2D eigenvalue weighted by Crippen LogP contribution is 2.35. The Morgan fingerprint density at radius 2 is 1.64 bits per heavy atom. The molecule has 0 aliphatic heterocycles. The van der Waals surface area contributed by atoms with Crippen molar-refractivity contribution in [3.05, 3.63) is 46.0 Å². The van der Waals surface area contributed by atoms with Crippen molar-refractivity contribution in [2.45, 2.75) is 0 Å². The second-order valence-corrected chi connectivity index (χ2v) is 4.77. The van der Waals surface area contributed by atoms with Crippen LogP contribution in [0.4, 0.5) is 0 Å². The van der Waals surface area contributed by atoms with Gasteiger partial charge in [0.1, 0.15) is 12.2 Å². The Morgan fingerprint density at radius 3 is 2.05 bits per heavy atom. The van der Waals surface area contributed by atoms with Crippen LogP contribution in [0.1, 0.15) is 5.56 Å². The first-order valence-corrected chi connectivity index (χ1v) is 6.81. The van der Waals surface area contributed by atoms with E-state index in [0.717, 1.165) is 14.2 Å². The monoisotopic (exact) mass is 344 g/mol. The molecule has 0 aliphatic rings. The molecule has 0 radical (unpaired) electrons. The van der Waals surface area contributed by atoms with Crippen LogP contribution in [0.15, 0.2) is 30.4 Å². The van der Waals surface area contributed by atoms with E-state index in [1.165, 1.54) is 18.2 Å². The zero-order valence-electron chi connectivity index (χ0n) is 12.0. The second-order valence-electron chi connectivity index (χ2n) is 3.95. The molecule has 0 saturated heterocycles. The van der Waals surface area contributed by atoms with Gasteiger partial charge in [-0.1, -0.05) is 35.9 Å². The van der Waals surface area contributed by atoms with Crippen LogP contribution < -0.4 is 4.74 Å². The molecule has 0 aromatic heterocycles. The number of hydrogen-bond donors (Lipinski definition) is 0. The largest absolute Gasteiger partial charge is 0.486 e. The Hall–Kier alpha value is -1.98. The summed E-state index contributed by atoms with van der Waals surface area (Å²) in [6.07, 6.45) is 2.82. The van der Waals surface area contributed by atoms with Crippen molar-refractivity contribution in [1.29, 1.82) is 0 Å². The summed E-state index contributed by atoms with van der Waals surface area (Å²) in [5, 5.41) is 0.462. The molecule has 1 aromatic carbocycles. The van der Waals surface area contributed by atoms with Gasteiger partial charge in [0.25, 0.3) is 0 Å². The predicted octanol–water partition coefficient (Wildman–Crippen LogP) is 3.29. The average Bonchev–Trinajstić information content (AvgIpc) is 2.50. The van der Waals surface area contributed by atoms with E-state index in [1.807, 2.05) is 0 Å². The van der Waals surface area contributed by atoms with E-state index >= 15 is 0 Å². The number of methoxy groups -OCH3 is 2. The number of carbonyl (C=O) groups is 2. The standard InChI is InChI=1S/C15H14Cl2O5/c1-4-5-22-13-11(16)7-9(8-12(13)17)6-10(14(18)20-2)15(19)21-3/h4,6-8H,1,5H2,2-3H3. The van der Waals surface area contributed by atoms with Crippen LogP contribution in [0.25, 0.3) is 6.08 Å².